The molecule has 7 aromatic rings. The lowest BCUT2D eigenvalue weighted by Gasteiger charge is -2.17. The molecule has 22 heteroatoms. The van der Waals surface area contributed by atoms with Gasteiger partial charge in [-0.3, -0.25) is 18.7 Å². The summed E-state index contributed by atoms with van der Waals surface area (Å²) in [4.78, 5) is 45.7. The van der Waals surface area contributed by atoms with E-state index in [1.807, 2.05) is 0 Å². The number of fused-ring (bicyclic) bond motifs is 2. The molecule has 0 radical (unpaired) electrons. The van der Waals surface area contributed by atoms with E-state index < -0.39 is 75.7 Å². The SMILES string of the molecule is O=C(O)/C=C/c1ccc(N=Nc2c(S(=O)(=O)O)cc3ccc(Nc4c(Nc5ccc6cc(S(=O)(=O)O)c(N=Nc7ccc(/C=C/C(=O)O)cc7)c(O)c6c5)c(=O)c4=O)cc3c2O)cc1. The first-order valence-corrected chi connectivity index (χ1v) is 20.9. The van der Waals surface area contributed by atoms with Crippen LogP contribution >= 0.6 is 0 Å². The van der Waals surface area contributed by atoms with Gasteiger partial charge in [0.2, 0.25) is 0 Å². The van der Waals surface area contributed by atoms with E-state index >= 15 is 0 Å². The Morgan fingerprint density at radius 3 is 1.20 bits per heavy atom. The van der Waals surface area contributed by atoms with Crippen LogP contribution in [0.3, 0.4) is 0 Å². The van der Waals surface area contributed by atoms with Gasteiger partial charge in [-0.2, -0.15) is 27.1 Å². The molecule has 0 aromatic heterocycles. The second-order valence-corrected chi connectivity index (χ2v) is 16.3. The number of hydrogen-bond acceptors (Lipinski definition) is 16. The zero-order valence-corrected chi connectivity index (χ0v) is 33.7. The van der Waals surface area contributed by atoms with E-state index in [0.717, 1.165) is 24.3 Å². The Kier molecular flexibility index (Phi) is 11.7. The number of carboxylic acid groups (broad SMARTS) is 2. The molecule has 8 N–H and O–H groups in total. The third kappa shape index (κ3) is 9.39. The molecule has 0 saturated heterocycles. The van der Waals surface area contributed by atoms with Crippen LogP contribution in [0.25, 0.3) is 33.7 Å². The van der Waals surface area contributed by atoms with Crippen LogP contribution in [-0.2, 0) is 29.8 Å². The highest BCUT2D eigenvalue weighted by molar-refractivity contribution is 7.86. The van der Waals surface area contributed by atoms with Crippen LogP contribution in [0, 0.1) is 0 Å². The predicted octanol–water partition coefficient (Wildman–Crippen LogP) is 8.01. The normalized spacial score (nSPS) is 12.4. The zero-order valence-electron chi connectivity index (χ0n) is 32.1. The van der Waals surface area contributed by atoms with Crippen LogP contribution in [-0.4, -0.2) is 58.3 Å². The smallest absolute Gasteiger partial charge is 0.328 e. The summed E-state index contributed by atoms with van der Waals surface area (Å²) < 4.78 is 69.4. The molecule has 0 heterocycles. The van der Waals surface area contributed by atoms with E-state index in [1.54, 1.807) is 0 Å². The van der Waals surface area contributed by atoms with E-state index in [4.69, 9.17) is 10.2 Å². The molecule has 0 aliphatic rings. The number of nitrogens with one attached hydrogen (secondary N) is 2. The number of phenols is 2. The summed E-state index contributed by atoms with van der Waals surface area (Å²) in [6.45, 7) is 0. The van der Waals surface area contributed by atoms with Crippen molar-refractivity contribution < 1.29 is 56.0 Å². The van der Waals surface area contributed by atoms with Gasteiger partial charge in [-0.05, 0) is 94.7 Å². The highest BCUT2D eigenvalue weighted by Crippen LogP contribution is 2.44. The number of phenolic OH excluding ortho intramolecular Hbond substituents is 2. The van der Waals surface area contributed by atoms with Crippen molar-refractivity contribution in [3.05, 3.63) is 141 Å². The minimum atomic E-state index is -4.97. The van der Waals surface area contributed by atoms with Crippen LogP contribution in [0.5, 0.6) is 11.5 Å². The lowest BCUT2D eigenvalue weighted by Crippen LogP contribution is -2.35. The maximum Gasteiger partial charge on any atom is 0.328 e. The first-order valence-electron chi connectivity index (χ1n) is 18.0. The number of nitrogens with zero attached hydrogens (tertiary/aromatic N) is 4. The third-order valence-electron chi connectivity index (χ3n) is 9.26. The Labute approximate surface area is 359 Å². The standard InChI is InChI=1S/C42H28N6O14S2/c49-33(50)15-5-21-1-9-25(10-2-21)45-47-35-31(63(57,58)59)17-23-7-13-27(19-29(23)39(35)53)43-37-38(42(56)41(37)55)44-28-14-8-24-18-32(64(60,61)62)36(40(54)30(24)20-28)48-46-26-11-3-22(4-12-26)6-16-34(51)52/h1-20,43-44,53-54H,(H,49,50)(H,51,52)(H,57,58,59)(H,60,61,62)/b15-5+,16-6+,47-45?,48-46?. The average molecular weight is 905 g/mol. The van der Waals surface area contributed by atoms with Crippen molar-refractivity contribution in [2.75, 3.05) is 10.6 Å². The highest BCUT2D eigenvalue weighted by atomic mass is 32.2. The molecule has 0 aliphatic carbocycles. The minimum Gasteiger partial charge on any atom is -0.505 e. The number of azo groups is 2. The van der Waals surface area contributed by atoms with Crippen molar-refractivity contribution in [1.82, 2.24) is 0 Å². The van der Waals surface area contributed by atoms with E-state index in [9.17, 15) is 55.3 Å². The first-order chi connectivity index (χ1) is 30.3. The summed E-state index contributed by atoms with van der Waals surface area (Å²) in [6.07, 6.45) is 4.50. The van der Waals surface area contributed by atoms with Gasteiger partial charge in [-0.25, -0.2) is 9.59 Å². The third-order valence-corrected chi connectivity index (χ3v) is 11.0. The molecular weight excluding hydrogens is 877 g/mol. The van der Waals surface area contributed by atoms with E-state index in [0.29, 0.717) is 11.1 Å². The van der Waals surface area contributed by atoms with Crippen molar-refractivity contribution in [3.8, 4) is 11.5 Å². The van der Waals surface area contributed by atoms with Crippen molar-refractivity contribution in [2.45, 2.75) is 9.79 Å². The molecule has 20 nitrogen and oxygen atoms in total. The molecule has 0 unspecified atom stereocenters. The molecule has 0 saturated carbocycles. The Hall–Kier alpha value is -8.44. The fourth-order valence-corrected chi connectivity index (χ4v) is 7.51. The zero-order chi connectivity index (χ0) is 46.1. The fraction of sp³-hybridized carbons (Fsp3) is 0. The number of carboxylic acids is 2. The minimum absolute atomic E-state index is 0.0131. The van der Waals surface area contributed by atoms with Crippen LogP contribution in [0.4, 0.5) is 45.5 Å². The summed E-state index contributed by atoms with van der Waals surface area (Å²) in [5.74, 6) is -3.77. The number of aromatic hydroxyl groups is 2. The Morgan fingerprint density at radius 1 is 0.516 bits per heavy atom. The monoisotopic (exact) mass is 904 g/mol. The second-order valence-electron chi connectivity index (χ2n) is 13.6. The number of anilines is 4. The van der Waals surface area contributed by atoms with Gasteiger partial charge in [0.1, 0.15) is 32.5 Å². The van der Waals surface area contributed by atoms with Crippen molar-refractivity contribution in [1.29, 1.82) is 0 Å². The molecule has 64 heavy (non-hydrogen) atoms. The summed E-state index contributed by atoms with van der Waals surface area (Å²) in [6, 6.07) is 22.0. The quantitative estimate of drug-likeness (QED) is 0.0222. The first kappa shape index (κ1) is 43.6. The lowest BCUT2D eigenvalue weighted by atomic mass is 10.1. The Bertz CT molecular complexity index is 3270. The molecule has 7 rings (SSSR count). The fourth-order valence-electron chi connectivity index (χ4n) is 6.20. The highest BCUT2D eigenvalue weighted by Gasteiger charge is 2.26. The lowest BCUT2D eigenvalue weighted by molar-refractivity contribution is -0.132. The van der Waals surface area contributed by atoms with E-state index in [-0.39, 0.29) is 55.7 Å². The molecule has 322 valence electrons. The van der Waals surface area contributed by atoms with Crippen molar-refractivity contribution in [2.24, 2.45) is 20.5 Å². The van der Waals surface area contributed by atoms with Gasteiger partial charge in [0.25, 0.3) is 31.1 Å². The van der Waals surface area contributed by atoms with Gasteiger partial charge in [0.15, 0.2) is 11.5 Å². The summed E-state index contributed by atoms with van der Waals surface area (Å²) in [5.41, 5.74) is -2.00. The number of rotatable bonds is 14. The van der Waals surface area contributed by atoms with Gasteiger partial charge in [0.05, 0.1) is 11.4 Å². The predicted molar refractivity (Wildman–Crippen MR) is 233 cm³/mol. The summed E-state index contributed by atoms with van der Waals surface area (Å²) in [5, 5.41) is 61.6. The van der Waals surface area contributed by atoms with Crippen LogP contribution in [0.2, 0.25) is 0 Å². The molecular formula is C42H28N6O14S2. The molecule has 0 spiro atoms. The average Bonchev–Trinajstić information content (AvgIpc) is 3.25. The largest absolute Gasteiger partial charge is 0.505 e. The van der Waals surface area contributed by atoms with Crippen LogP contribution in [0.1, 0.15) is 11.1 Å². The van der Waals surface area contributed by atoms with Crippen LogP contribution in [0.15, 0.2) is 149 Å². The van der Waals surface area contributed by atoms with Gasteiger partial charge in [0, 0.05) is 34.3 Å². The number of benzene rings is 6. The molecule has 0 atom stereocenters. The molecule has 0 aliphatic heterocycles. The molecule has 0 amide bonds. The maximum absolute atomic E-state index is 12.8. The van der Waals surface area contributed by atoms with E-state index in [1.165, 1.54) is 97.1 Å². The maximum atomic E-state index is 12.8. The molecule has 0 bridgehead atoms. The Balaban J connectivity index is 1.19. The van der Waals surface area contributed by atoms with Crippen molar-refractivity contribution >= 4 is 111 Å². The van der Waals surface area contributed by atoms with Gasteiger partial charge in [-0.15, -0.1) is 10.2 Å². The molecule has 7 aromatic carbocycles. The molecule has 0 fully saturated rings. The number of carbonyl (C=O) groups is 2. The number of aliphatic carboxylic acids is 2. The summed E-state index contributed by atoms with van der Waals surface area (Å²) in [7, 11) is -9.93. The Morgan fingerprint density at radius 2 is 0.875 bits per heavy atom. The van der Waals surface area contributed by atoms with Gasteiger partial charge < -0.3 is 31.1 Å². The summed E-state index contributed by atoms with van der Waals surface area (Å²) >= 11 is 0. The number of hydrogen-bond donors (Lipinski definition) is 8. The van der Waals surface area contributed by atoms with Gasteiger partial charge in [-0.1, -0.05) is 36.4 Å². The van der Waals surface area contributed by atoms with Crippen LogP contribution < -0.4 is 21.5 Å². The topological polar surface area (TPSA) is 331 Å². The van der Waals surface area contributed by atoms with Crippen molar-refractivity contribution in [3.63, 3.8) is 0 Å². The van der Waals surface area contributed by atoms with E-state index in [2.05, 4.69) is 31.1 Å². The van der Waals surface area contributed by atoms with Gasteiger partial charge >= 0.3 is 11.9 Å². The second kappa shape index (κ2) is 17.1.